The number of para-hydroxylation sites is 1. The Morgan fingerprint density at radius 2 is 1.16 bits per heavy atom. The number of aryl methyl sites for hydroxylation is 2. The normalized spacial score (nSPS) is 25.4. The number of benzene rings is 1. The summed E-state index contributed by atoms with van der Waals surface area (Å²) in [5.41, 5.74) is 11.5. The Hall–Kier alpha value is -2.15. The maximum atomic E-state index is 2.79. The molecular weight excluding hydrogens is 386 g/mol. The summed E-state index contributed by atoms with van der Waals surface area (Å²) < 4.78 is 2.79. The molecule has 4 aliphatic rings. The van der Waals surface area contributed by atoms with Crippen LogP contribution in [0, 0.1) is 0 Å². The van der Waals surface area contributed by atoms with Crippen LogP contribution in [0.2, 0.25) is 0 Å². The van der Waals surface area contributed by atoms with Crippen molar-refractivity contribution in [2.45, 2.75) is 102 Å². The van der Waals surface area contributed by atoms with E-state index < -0.39 is 0 Å². The molecule has 1 heteroatoms. The van der Waals surface area contributed by atoms with Crippen LogP contribution >= 0.6 is 0 Å². The van der Waals surface area contributed by atoms with Gasteiger partial charge in [-0.2, -0.15) is 4.57 Å². The number of pyridine rings is 1. The zero-order chi connectivity index (χ0) is 21.3. The van der Waals surface area contributed by atoms with E-state index in [1.54, 1.807) is 33.7 Å². The molecule has 0 fully saturated rings. The predicted molar refractivity (Wildman–Crippen MR) is 132 cm³/mol. The predicted octanol–water partition coefficient (Wildman–Crippen LogP) is 7.80. The smallest absolute Gasteiger partial charge is 0.160 e. The second kappa shape index (κ2) is 9.00. The van der Waals surface area contributed by atoms with Crippen molar-refractivity contribution in [3.63, 3.8) is 0 Å². The minimum Gasteiger partial charge on any atom is -0.160 e. The molecule has 0 aliphatic heterocycles. The van der Waals surface area contributed by atoms with Crippen LogP contribution in [0.3, 0.4) is 0 Å². The van der Waals surface area contributed by atoms with Crippen LogP contribution in [0.15, 0.2) is 59.7 Å². The van der Waals surface area contributed by atoms with Crippen molar-refractivity contribution in [3.8, 4) is 5.69 Å². The molecule has 0 radical (unpaired) electrons. The highest BCUT2D eigenvalue weighted by Crippen LogP contribution is 2.44. The number of hydrogen-bond donors (Lipinski definition) is 0. The third kappa shape index (κ3) is 3.68. The topological polar surface area (TPSA) is 3.88 Å². The molecule has 2 aromatic rings. The fraction of sp³-hybridized carbons (Fsp3) is 0.516. The zero-order valence-corrected chi connectivity index (χ0v) is 19.6. The summed E-state index contributed by atoms with van der Waals surface area (Å²) in [5, 5.41) is 0. The minimum atomic E-state index is 0.618. The first-order valence-electron chi connectivity index (χ1n) is 13.4. The molecule has 4 aliphatic carbocycles. The quantitative estimate of drug-likeness (QED) is 0.349. The van der Waals surface area contributed by atoms with Gasteiger partial charge in [0.05, 0.1) is 11.8 Å². The summed E-state index contributed by atoms with van der Waals surface area (Å²) in [5.74, 6) is 1.24. The van der Waals surface area contributed by atoms with Gasteiger partial charge in [-0.15, -0.1) is 0 Å². The lowest BCUT2D eigenvalue weighted by molar-refractivity contribution is -0.617. The van der Waals surface area contributed by atoms with E-state index >= 15 is 0 Å². The van der Waals surface area contributed by atoms with E-state index in [0.717, 1.165) is 0 Å². The van der Waals surface area contributed by atoms with E-state index in [1.807, 2.05) is 0 Å². The van der Waals surface area contributed by atoms with Gasteiger partial charge in [-0.1, -0.05) is 41.5 Å². The maximum absolute atomic E-state index is 2.79. The lowest BCUT2D eigenvalue weighted by atomic mass is 9.74. The van der Waals surface area contributed by atoms with Gasteiger partial charge in [0.15, 0.2) is 11.4 Å². The summed E-state index contributed by atoms with van der Waals surface area (Å²) in [6, 6.07) is 14.0. The van der Waals surface area contributed by atoms with Crippen LogP contribution in [0.25, 0.3) is 5.69 Å². The lowest BCUT2D eigenvalue weighted by Crippen LogP contribution is -2.47. The Labute approximate surface area is 194 Å². The van der Waals surface area contributed by atoms with Crippen LogP contribution in [-0.4, -0.2) is 0 Å². The molecule has 1 nitrogen and oxygen atoms in total. The highest BCUT2D eigenvalue weighted by atomic mass is 15.0. The molecule has 1 aromatic carbocycles. The van der Waals surface area contributed by atoms with E-state index in [-0.39, 0.29) is 0 Å². The van der Waals surface area contributed by atoms with Gasteiger partial charge in [0.2, 0.25) is 5.69 Å². The van der Waals surface area contributed by atoms with Gasteiger partial charge in [-0.05, 0) is 96.0 Å². The van der Waals surface area contributed by atoms with E-state index in [9.17, 15) is 0 Å². The fourth-order valence-electron chi connectivity index (χ4n) is 7.14. The molecule has 0 N–H and O–H groups in total. The molecule has 2 unspecified atom stereocenters. The van der Waals surface area contributed by atoms with Crippen LogP contribution in [-0.2, 0) is 12.8 Å². The Bertz CT molecular complexity index is 980. The first-order chi connectivity index (χ1) is 15.9. The molecule has 6 rings (SSSR count). The molecular formula is C31H38N+. The average molecular weight is 425 g/mol. The van der Waals surface area contributed by atoms with E-state index in [1.165, 1.54) is 95.6 Å². The number of allylic oxidation sites excluding steroid dienone is 4. The van der Waals surface area contributed by atoms with Crippen molar-refractivity contribution in [3.05, 3.63) is 82.2 Å². The highest BCUT2D eigenvalue weighted by Gasteiger charge is 2.41. The molecule has 0 spiro atoms. The summed E-state index contributed by atoms with van der Waals surface area (Å²) in [6.45, 7) is 0. The summed E-state index contributed by atoms with van der Waals surface area (Å²) in [6.07, 6.45) is 23.8. The second-order valence-electron chi connectivity index (χ2n) is 10.6. The molecule has 1 heterocycles. The van der Waals surface area contributed by atoms with Crippen molar-refractivity contribution in [1.82, 2.24) is 0 Å². The number of rotatable bonds is 3. The first kappa shape index (κ1) is 20.5. The average Bonchev–Trinajstić information content (AvgIpc) is 2.88. The monoisotopic (exact) mass is 424 g/mol. The fourth-order valence-corrected chi connectivity index (χ4v) is 7.14. The van der Waals surface area contributed by atoms with Crippen LogP contribution in [0.5, 0.6) is 0 Å². The van der Waals surface area contributed by atoms with Crippen LogP contribution < -0.4 is 4.57 Å². The van der Waals surface area contributed by atoms with Gasteiger partial charge < -0.3 is 0 Å². The van der Waals surface area contributed by atoms with Crippen LogP contribution in [0.4, 0.5) is 0 Å². The number of nitrogens with zero attached hydrogens (tertiary/aromatic N) is 1. The molecule has 166 valence electrons. The minimum absolute atomic E-state index is 0.618. The highest BCUT2D eigenvalue weighted by molar-refractivity contribution is 5.41. The maximum Gasteiger partial charge on any atom is 0.211 e. The Morgan fingerprint density at radius 1 is 0.594 bits per heavy atom. The van der Waals surface area contributed by atoms with Gasteiger partial charge in [0, 0.05) is 23.3 Å². The summed E-state index contributed by atoms with van der Waals surface area (Å²) in [7, 11) is 0. The number of fused-ring (bicyclic) bond motifs is 2. The Balaban J connectivity index is 1.59. The van der Waals surface area contributed by atoms with Gasteiger partial charge in [0.1, 0.15) is 0 Å². The Kier molecular flexibility index (Phi) is 5.76. The van der Waals surface area contributed by atoms with E-state index in [0.29, 0.717) is 11.8 Å². The van der Waals surface area contributed by atoms with Crippen molar-refractivity contribution in [1.29, 1.82) is 0 Å². The SMILES string of the molecule is C1=C(C2CCCc3cc4c([n+](-c5ccccc5)c32)C(C2=CCCCC2)CCC4)CCCC1. The molecule has 2 atom stereocenters. The molecule has 0 amide bonds. The van der Waals surface area contributed by atoms with Crippen molar-refractivity contribution in [2.24, 2.45) is 0 Å². The summed E-state index contributed by atoms with van der Waals surface area (Å²) in [4.78, 5) is 0. The Morgan fingerprint density at radius 3 is 1.66 bits per heavy atom. The molecule has 0 saturated carbocycles. The number of hydrogen-bond acceptors (Lipinski definition) is 0. The second-order valence-corrected chi connectivity index (χ2v) is 10.6. The first-order valence-corrected chi connectivity index (χ1v) is 13.4. The van der Waals surface area contributed by atoms with Gasteiger partial charge >= 0.3 is 0 Å². The van der Waals surface area contributed by atoms with Crippen molar-refractivity contribution >= 4 is 0 Å². The van der Waals surface area contributed by atoms with Gasteiger partial charge in [-0.3, -0.25) is 0 Å². The van der Waals surface area contributed by atoms with Gasteiger partial charge in [0.25, 0.3) is 0 Å². The molecule has 1 aromatic heterocycles. The van der Waals surface area contributed by atoms with E-state index in [2.05, 4.69) is 53.1 Å². The third-order valence-corrected chi connectivity index (χ3v) is 8.59. The third-order valence-electron chi connectivity index (χ3n) is 8.59. The van der Waals surface area contributed by atoms with Crippen molar-refractivity contribution < 1.29 is 4.57 Å². The lowest BCUT2D eigenvalue weighted by Gasteiger charge is -2.32. The zero-order valence-electron chi connectivity index (χ0n) is 19.6. The number of aromatic nitrogens is 1. The molecule has 0 bridgehead atoms. The molecule has 0 saturated heterocycles. The largest absolute Gasteiger partial charge is 0.211 e. The van der Waals surface area contributed by atoms with Crippen LogP contribution in [0.1, 0.15) is 111 Å². The standard InChI is InChI=1S/C31H38N/c1-4-12-23(13-5-1)28-20-10-16-25-22-26-17-11-21-29(24-14-6-2-7-15-24)31(26)32(30(25)28)27-18-8-3-9-19-27/h3,8-9,12,14,18-19,22,28-29H,1-2,4-7,10-11,13,15-17,20-21H2/q+1. The summed E-state index contributed by atoms with van der Waals surface area (Å²) >= 11 is 0. The van der Waals surface area contributed by atoms with Gasteiger partial charge in [-0.25, -0.2) is 0 Å². The van der Waals surface area contributed by atoms with Crippen molar-refractivity contribution in [2.75, 3.05) is 0 Å². The van der Waals surface area contributed by atoms with E-state index in [4.69, 9.17) is 0 Å². The molecule has 32 heavy (non-hydrogen) atoms.